The number of fused-ring (bicyclic) bond motifs is 1. The molecule has 0 unspecified atom stereocenters. The Hall–Kier alpha value is -2.91. The van der Waals surface area contributed by atoms with Crippen LogP contribution in [0.5, 0.6) is 0 Å². The molecule has 0 atom stereocenters. The van der Waals surface area contributed by atoms with Gasteiger partial charge in [0.25, 0.3) is 0 Å². The molecule has 1 fully saturated rings. The zero-order valence-electron chi connectivity index (χ0n) is 19.3. The highest BCUT2D eigenvalue weighted by molar-refractivity contribution is 7.99. The van der Waals surface area contributed by atoms with Crippen molar-refractivity contribution in [1.29, 1.82) is 0 Å². The standard InChI is InChI=1S/C25H28N6OS2/c1-2-20-17-21-23(27-18-28-24(21)34-20)30-14-12-29(13-15-30)22(32)9-6-16-33-25-26-10-11-31(25)19-7-4-3-5-8-19/h3-5,7-8,10-11,17-18H,2,6,9,12-16H2,1H3. The van der Waals surface area contributed by atoms with E-state index in [0.717, 1.165) is 71.7 Å². The van der Waals surface area contributed by atoms with Crippen LogP contribution in [0.4, 0.5) is 5.82 Å². The lowest BCUT2D eigenvalue weighted by Gasteiger charge is -2.35. The van der Waals surface area contributed by atoms with Crippen molar-refractivity contribution in [3.63, 3.8) is 0 Å². The Morgan fingerprint density at radius 2 is 1.91 bits per heavy atom. The highest BCUT2D eigenvalue weighted by atomic mass is 32.2. The normalized spacial score (nSPS) is 14.1. The van der Waals surface area contributed by atoms with E-state index in [1.54, 1.807) is 29.4 Å². The monoisotopic (exact) mass is 492 g/mol. The Morgan fingerprint density at radius 3 is 2.71 bits per heavy atom. The van der Waals surface area contributed by atoms with Gasteiger partial charge in [-0.1, -0.05) is 36.9 Å². The lowest BCUT2D eigenvalue weighted by molar-refractivity contribution is -0.131. The number of thiophene rings is 1. The van der Waals surface area contributed by atoms with E-state index >= 15 is 0 Å². The summed E-state index contributed by atoms with van der Waals surface area (Å²) in [6.45, 7) is 5.25. The third-order valence-corrected chi connectivity index (χ3v) is 8.29. The van der Waals surface area contributed by atoms with Crippen molar-refractivity contribution in [2.24, 2.45) is 0 Å². The summed E-state index contributed by atoms with van der Waals surface area (Å²) >= 11 is 3.44. The largest absolute Gasteiger partial charge is 0.352 e. The topological polar surface area (TPSA) is 67.2 Å². The zero-order valence-corrected chi connectivity index (χ0v) is 20.9. The van der Waals surface area contributed by atoms with Crippen LogP contribution in [0.3, 0.4) is 0 Å². The third-order valence-electron chi connectivity index (χ3n) is 6.05. The van der Waals surface area contributed by atoms with Crippen molar-refractivity contribution >= 4 is 45.0 Å². The molecule has 1 aromatic carbocycles. The molecule has 0 aliphatic carbocycles. The van der Waals surface area contributed by atoms with Gasteiger partial charge in [0.05, 0.1) is 5.39 Å². The molecule has 4 heterocycles. The molecule has 0 N–H and O–H groups in total. The van der Waals surface area contributed by atoms with Crippen LogP contribution >= 0.6 is 23.1 Å². The number of piperazine rings is 1. The second kappa shape index (κ2) is 10.6. The molecule has 4 aromatic rings. The van der Waals surface area contributed by atoms with Crippen LogP contribution < -0.4 is 4.90 Å². The van der Waals surface area contributed by atoms with Crippen LogP contribution in [0.15, 0.2) is 60.3 Å². The van der Waals surface area contributed by atoms with Gasteiger partial charge in [-0.15, -0.1) is 11.3 Å². The molecule has 3 aromatic heterocycles. The fourth-order valence-electron chi connectivity index (χ4n) is 4.21. The molecule has 5 rings (SSSR count). The molecule has 1 saturated heterocycles. The SMILES string of the molecule is CCc1cc2c(N3CCN(C(=O)CCCSc4nccn4-c4ccccc4)CC3)ncnc2s1. The van der Waals surface area contributed by atoms with Crippen molar-refractivity contribution in [1.82, 2.24) is 24.4 Å². The van der Waals surface area contributed by atoms with E-state index in [0.29, 0.717) is 6.42 Å². The number of nitrogens with zero attached hydrogens (tertiary/aromatic N) is 6. The van der Waals surface area contributed by atoms with Crippen molar-refractivity contribution < 1.29 is 4.79 Å². The summed E-state index contributed by atoms with van der Waals surface area (Å²) in [5.74, 6) is 2.11. The summed E-state index contributed by atoms with van der Waals surface area (Å²) in [5, 5.41) is 2.10. The molecule has 0 spiro atoms. The number of hydrogen-bond donors (Lipinski definition) is 0. The average Bonchev–Trinajstić information content (AvgIpc) is 3.54. The van der Waals surface area contributed by atoms with Crippen molar-refractivity contribution in [3.05, 3.63) is 60.0 Å². The Morgan fingerprint density at radius 1 is 1.09 bits per heavy atom. The maximum atomic E-state index is 12.8. The van der Waals surface area contributed by atoms with Gasteiger partial charge in [-0.05, 0) is 31.0 Å². The molecular formula is C25H28N6OS2. The second-order valence-electron chi connectivity index (χ2n) is 8.22. The van der Waals surface area contributed by atoms with E-state index in [9.17, 15) is 4.79 Å². The number of benzene rings is 1. The first kappa shape index (κ1) is 22.9. The fraction of sp³-hybridized carbons (Fsp3) is 0.360. The predicted octanol–water partition coefficient (Wildman–Crippen LogP) is 4.66. The maximum absolute atomic E-state index is 12.8. The number of para-hydroxylation sites is 1. The Bertz CT molecular complexity index is 1250. The minimum absolute atomic E-state index is 0.239. The molecule has 0 saturated carbocycles. The summed E-state index contributed by atoms with van der Waals surface area (Å²) in [6, 6.07) is 12.4. The Labute approximate surface area is 207 Å². The number of hydrogen-bond acceptors (Lipinski definition) is 7. The van der Waals surface area contributed by atoms with Crippen LogP contribution in [0.1, 0.15) is 24.6 Å². The van der Waals surface area contributed by atoms with Crippen LogP contribution in [0.25, 0.3) is 15.9 Å². The second-order valence-corrected chi connectivity index (χ2v) is 10.4. The lowest BCUT2D eigenvalue weighted by Crippen LogP contribution is -2.49. The fourth-order valence-corrected chi connectivity index (χ4v) is 6.05. The number of rotatable bonds is 8. The van der Waals surface area contributed by atoms with Crippen molar-refractivity contribution in [2.75, 3.05) is 36.8 Å². The van der Waals surface area contributed by atoms with E-state index in [1.807, 2.05) is 35.5 Å². The van der Waals surface area contributed by atoms with Crippen LogP contribution in [0, 0.1) is 0 Å². The molecule has 1 amide bonds. The molecule has 1 aliphatic rings. The van der Waals surface area contributed by atoms with Crippen LogP contribution in [0.2, 0.25) is 0 Å². The molecule has 0 bridgehead atoms. The number of anilines is 1. The maximum Gasteiger partial charge on any atom is 0.222 e. The minimum atomic E-state index is 0.239. The smallest absolute Gasteiger partial charge is 0.222 e. The van der Waals surface area contributed by atoms with Gasteiger partial charge in [0.1, 0.15) is 17.0 Å². The van der Waals surface area contributed by atoms with Gasteiger partial charge < -0.3 is 9.80 Å². The molecule has 7 nitrogen and oxygen atoms in total. The van der Waals surface area contributed by atoms with Gasteiger partial charge in [0.15, 0.2) is 5.16 Å². The highest BCUT2D eigenvalue weighted by Crippen LogP contribution is 2.31. The quantitative estimate of drug-likeness (QED) is 0.263. The summed E-state index contributed by atoms with van der Waals surface area (Å²) in [6.07, 6.45) is 7.88. The molecule has 176 valence electrons. The van der Waals surface area contributed by atoms with E-state index in [1.165, 1.54) is 4.88 Å². The predicted molar refractivity (Wildman–Crippen MR) is 139 cm³/mol. The number of carbonyl (C=O) groups is 1. The van der Waals surface area contributed by atoms with Crippen molar-refractivity contribution in [3.8, 4) is 5.69 Å². The number of carbonyl (C=O) groups excluding carboxylic acids is 1. The number of aromatic nitrogens is 4. The van der Waals surface area contributed by atoms with Gasteiger partial charge in [-0.25, -0.2) is 15.0 Å². The van der Waals surface area contributed by atoms with Crippen LogP contribution in [-0.2, 0) is 11.2 Å². The number of imidazole rings is 1. The first-order chi connectivity index (χ1) is 16.7. The number of aryl methyl sites for hydroxylation is 1. The molecule has 34 heavy (non-hydrogen) atoms. The van der Waals surface area contributed by atoms with Gasteiger partial charge >= 0.3 is 0 Å². The Kier molecular flexibility index (Phi) is 7.10. The zero-order chi connectivity index (χ0) is 23.3. The van der Waals surface area contributed by atoms with Crippen molar-refractivity contribution in [2.45, 2.75) is 31.3 Å². The van der Waals surface area contributed by atoms with Gasteiger partial charge in [0, 0.05) is 61.3 Å². The van der Waals surface area contributed by atoms with E-state index < -0.39 is 0 Å². The lowest BCUT2D eigenvalue weighted by atomic mass is 10.2. The van der Waals surface area contributed by atoms with E-state index in [4.69, 9.17) is 0 Å². The summed E-state index contributed by atoms with van der Waals surface area (Å²) in [4.78, 5) is 32.9. The number of thioether (sulfide) groups is 1. The van der Waals surface area contributed by atoms with Gasteiger partial charge in [-0.3, -0.25) is 9.36 Å². The Balaban J connectivity index is 1.10. The van der Waals surface area contributed by atoms with E-state index in [2.05, 4.69) is 49.5 Å². The first-order valence-corrected chi connectivity index (χ1v) is 13.5. The molecule has 9 heteroatoms. The molecule has 0 radical (unpaired) electrons. The summed E-state index contributed by atoms with van der Waals surface area (Å²) in [5.41, 5.74) is 1.10. The highest BCUT2D eigenvalue weighted by Gasteiger charge is 2.23. The van der Waals surface area contributed by atoms with Crippen LogP contribution in [-0.4, -0.2) is 62.3 Å². The number of amides is 1. The van der Waals surface area contributed by atoms with E-state index in [-0.39, 0.29) is 5.91 Å². The van der Waals surface area contributed by atoms with Gasteiger partial charge in [0.2, 0.25) is 5.91 Å². The average molecular weight is 493 g/mol. The summed E-state index contributed by atoms with van der Waals surface area (Å²) < 4.78 is 2.09. The summed E-state index contributed by atoms with van der Waals surface area (Å²) in [7, 11) is 0. The van der Waals surface area contributed by atoms with Gasteiger partial charge in [-0.2, -0.15) is 0 Å². The third kappa shape index (κ3) is 4.95. The molecular weight excluding hydrogens is 464 g/mol. The first-order valence-electron chi connectivity index (χ1n) is 11.7. The minimum Gasteiger partial charge on any atom is -0.352 e. The molecule has 1 aliphatic heterocycles.